The number of carbonyl (C=O) groups is 4. The van der Waals surface area contributed by atoms with Crippen molar-refractivity contribution in [3.8, 4) is 23.5 Å². The van der Waals surface area contributed by atoms with Crippen LogP contribution in [0.2, 0.25) is 0 Å². The lowest BCUT2D eigenvalue weighted by atomic mass is 9.72. The van der Waals surface area contributed by atoms with Gasteiger partial charge in [-0.05, 0) is 18.1 Å². The van der Waals surface area contributed by atoms with Gasteiger partial charge in [-0.3, -0.25) is 15.4 Å². The molecule has 302 valence electrons. The lowest BCUT2D eigenvalue weighted by Crippen LogP contribution is -2.45. The fourth-order valence-corrected chi connectivity index (χ4v) is 7.64. The first kappa shape index (κ1) is 43.8. The average molecular weight is 823 g/mol. The fourth-order valence-electron chi connectivity index (χ4n) is 4.98. The summed E-state index contributed by atoms with van der Waals surface area (Å²) in [6.07, 6.45) is 6.35. The first-order valence-electron chi connectivity index (χ1n) is 15.9. The Hall–Kier alpha value is -6.56. The Morgan fingerprint density at radius 1 is 0.732 bits per heavy atom. The van der Waals surface area contributed by atoms with Crippen molar-refractivity contribution in [3.63, 3.8) is 0 Å². The largest absolute Gasteiger partial charge is 0.481 e. The van der Waals surface area contributed by atoms with E-state index < -0.39 is 66.9 Å². The number of benzene rings is 1. The number of carboxylic acid groups (broad SMARTS) is 2. The van der Waals surface area contributed by atoms with Gasteiger partial charge < -0.3 is 29.2 Å². The van der Waals surface area contributed by atoms with E-state index in [1.165, 1.54) is 70.9 Å². The van der Waals surface area contributed by atoms with E-state index in [0.29, 0.717) is 0 Å². The molecule has 0 bridgehead atoms. The van der Waals surface area contributed by atoms with Gasteiger partial charge in [0.25, 0.3) is 0 Å². The molecule has 2 unspecified atom stereocenters. The number of carboxylic acids is 2. The second kappa shape index (κ2) is 19.2. The summed E-state index contributed by atoms with van der Waals surface area (Å²) in [4.78, 5) is 62.3. The number of rotatable bonds is 15. The molecule has 0 spiro atoms. The van der Waals surface area contributed by atoms with Gasteiger partial charge in [-0.2, -0.15) is 19.9 Å². The standard InChI is InChI=1S/C17H22N4O7S.C15H16N4O7S/c1-4-17(8-6-5-7-11(17)14(22)23)10-29(25,26)21-16(24)20-15-18-12(27-2)9-13(19-15)28-3;1-25-11-7-12(26-2)17-14(16-11)18-15(22)19-27(23,24)8-9-5-3-4-6-10(9)13(20)21/h5-9,11H,4,10H2,1-3H3,(H,22,23)(H2,18,19,20,21,24);3-7H,8H2,1-2H3,(H,20,21)(H2,16,17,18,19,22). The van der Waals surface area contributed by atoms with Gasteiger partial charge in [-0.15, -0.1) is 0 Å². The molecule has 2 atom stereocenters. The highest BCUT2D eigenvalue weighted by atomic mass is 32.2. The Bertz CT molecular complexity index is 2170. The Labute approximate surface area is 320 Å². The molecule has 1 aliphatic rings. The number of amides is 4. The second-order valence-corrected chi connectivity index (χ2v) is 14.7. The van der Waals surface area contributed by atoms with Crippen molar-refractivity contribution in [2.75, 3.05) is 44.8 Å². The normalized spacial score (nSPS) is 15.9. The maximum absolute atomic E-state index is 12.6. The van der Waals surface area contributed by atoms with Crippen LogP contribution in [0.4, 0.5) is 21.5 Å². The molecular formula is C32H38N8O14S2. The second-order valence-electron chi connectivity index (χ2n) is 11.3. The van der Waals surface area contributed by atoms with Crippen LogP contribution in [0.25, 0.3) is 0 Å². The number of sulfonamides is 2. The molecule has 0 saturated heterocycles. The Morgan fingerprint density at radius 3 is 1.62 bits per heavy atom. The van der Waals surface area contributed by atoms with Crippen LogP contribution in [-0.4, -0.2) is 105 Å². The van der Waals surface area contributed by atoms with Gasteiger partial charge in [-0.1, -0.05) is 49.4 Å². The van der Waals surface area contributed by atoms with Crippen molar-refractivity contribution in [2.24, 2.45) is 11.3 Å². The fraction of sp³-hybridized carbons (Fsp3) is 0.312. The molecule has 24 heteroatoms. The summed E-state index contributed by atoms with van der Waals surface area (Å²) in [6, 6.07) is 6.08. The molecule has 1 aliphatic carbocycles. The highest BCUT2D eigenvalue weighted by Crippen LogP contribution is 2.38. The van der Waals surface area contributed by atoms with Crippen LogP contribution < -0.4 is 39.0 Å². The van der Waals surface area contributed by atoms with Crippen molar-refractivity contribution in [1.82, 2.24) is 29.4 Å². The minimum Gasteiger partial charge on any atom is -0.481 e. The van der Waals surface area contributed by atoms with Crippen LogP contribution in [0.15, 0.2) is 60.7 Å². The van der Waals surface area contributed by atoms with E-state index >= 15 is 0 Å². The van der Waals surface area contributed by atoms with Crippen molar-refractivity contribution < 1.29 is 65.2 Å². The van der Waals surface area contributed by atoms with E-state index in [-0.39, 0.29) is 53.0 Å². The number of nitrogens with zero attached hydrogens (tertiary/aromatic N) is 4. The molecule has 0 aliphatic heterocycles. The lowest BCUT2D eigenvalue weighted by Gasteiger charge is -2.35. The van der Waals surface area contributed by atoms with Crippen molar-refractivity contribution in [3.05, 3.63) is 71.8 Å². The number of aromatic carboxylic acids is 1. The van der Waals surface area contributed by atoms with E-state index in [1.807, 2.05) is 4.72 Å². The van der Waals surface area contributed by atoms with Gasteiger partial charge in [0.15, 0.2) is 0 Å². The minimum absolute atomic E-state index is 0.0320. The van der Waals surface area contributed by atoms with Crippen LogP contribution in [-0.2, 0) is 30.6 Å². The number of allylic oxidation sites excluding steroid dienone is 3. The van der Waals surface area contributed by atoms with Crippen LogP contribution >= 0.6 is 0 Å². The predicted molar refractivity (Wildman–Crippen MR) is 197 cm³/mol. The highest BCUT2D eigenvalue weighted by molar-refractivity contribution is 7.90. The summed E-state index contributed by atoms with van der Waals surface area (Å²) in [5.74, 6) is -4.85. The molecule has 4 amide bonds. The van der Waals surface area contributed by atoms with Crippen molar-refractivity contribution in [2.45, 2.75) is 19.1 Å². The zero-order valence-electron chi connectivity index (χ0n) is 30.4. The van der Waals surface area contributed by atoms with E-state index in [4.69, 9.17) is 24.1 Å². The van der Waals surface area contributed by atoms with Gasteiger partial charge in [0, 0.05) is 5.41 Å². The number of methoxy groups -OCH3 is 4. The van der Waals surface area contributed by atoms with Gasteiger partial charge in [-0.25, -0.2) is 40.7 Å². The SMILES string of the molecule is CCC1(CS(=O)(=O)NC(=O)Nc2nc(OC)cc(OC)n2)C=CC=CC1C(=O)O.COc1cc(OC)nc(NC(=O)NS(=O)(=O)Cc2ccccc2C(=O)O)n1. The molecule has 0 fully saturated rings. The molecule has 22 nitrogen and oxygen atoms in total. The zero-order valence-corrected chi connectivity index (χ0v) is 32.0. The third kappa shape index (κ3) is 12.5. The number of carbonyl (C=O) groups excluding carboxylic acids is 2. The summed E-state index contributed by atoms with van der Waals surface area (Å²) in [6.45, 7) is 1.69. The topological polar surface area (TPSA) is 314 Å². The van der Waals surface area contributed by atoms with E-state index in [0.717, 1.165) is 0 Å². The van der Waals surface area contributed by atoms with Crippen LogP contribution in [0.5, 0.6) is 23.5 Å². The molecular weight excluding hydrogens is 785 g/mol. The third-order valence-corrected chi connectivity index (χ3v) is 10.2. The van der Waals surface area contributed by atoms with E-state index in [1.54, 1.807) is 29.9 Å². The van der Waals surface area contributed by atoms with E-state index in [2.05, 4.69) is 30.6 Å². The lowest BCUT2D eigenvalue weighted by molar-refractivity contribution is -0.142. The minimum atomic E-state index is -4.20. The third-order valence-electron chi connectivity index (χ3n) is 7.58. The predicted octanol–water partition coefficient (Wildman–Crippen LogP) is 2.01. The van der Waals surface area contributed by atoms with Gasteiger partial charge in [0.1, 0.15) is 0 Å². The smallest absolute Gasteiger partial charge is 0.335 e. The molecule has 0 saturated carbocycles. The summed E-state index contributed by atoms with van der Waals surface area (Å²) in [7, 11) is -2.99. The van der Waals surface area contributed by atoms with Gasteiger partial charge >= 0.3 is 24.0 Å². The van der Waals surface area contributed by atoms with Crippen LogP contribution in [0.1, 0.15) is 29.3 Å². The molecule has 1 aromatic carbocycles. The molecule has 2 heterocycles. The Morgan fingerprint density at radius 2 is 1.20 bits per heavy atom. The quantitative estimate of drug-likeness (QED) is 0.128. The number of anilines is 2. The number of aliphatic carboxylic acids is 1. The highest BCUT2D eigenvalue weighted by Gasteiger charge is 2.43. The summed E-state index contributed by atoms with van der Waals surface area (Å²) in [5.41, 5.74) is -1.34. The number of hydrogen-bond acceptors (Lipinski definition) is 16. The Kier molecular flexibility index (Phi) is 15.0. The molecule has 4 rings (SSSR count). The zero-order chi connectivity index (χ0) is 41.7. The van der Waals surface area contributed by atoms with Crippen molar-refractivity contribution in [1.29, 1.82) is 0 Å². The molecule has 56 heavy (non-hydrogen) atoms. The molecule has 6 N–H and O–H groups in total. The number of nitrogens with one attached hydrogen (secondary N) is 4. The molecule has 3 aromatic rings. The van der Waals surface area contributed by atoms with Crippen molar-refractivity contribution >= 4 is 55.9 Å². The first-order valence-corrected chi connectivity index (χ1v) is 19.2. The molecule has 0 radical (unpaired) electrons. The summed E-state index contributed by atoms with van der Waals surface area (Å²) >= 11 is 0. The number of urea groups is 2. The van der Waals surface area contributed by atoms with Crippen LogP contribution in [0.3, 0.4) is 0 Å². The first-order chi connectivity index (χ1) is 26.4. The summed E-state index contributed by atoms with van der Waals surface area (Å²) in [5, 5.41) is 22.9. The van der Waals surface area contributed by atoms with Crippen LogP contribution in [0, 0.1) is 11.3 Å². The van der Waals surface area contributed by atoms with Gasteiger partial charge in [0.05, 0.1) is 63.6 Å². The number of ether oxygens (including phenoxy) is 4. The summed E-state index contributed by atoms with van der Waals surface area (Å²) < 4.78 is 72.8. The average Bonchev–Trinajstić information content (AvgIpc) is 3.13. The number of hydrogen-bond donors (Lipinski definition) is 6. The molecule has 2 aromatic heterocycles. The maximum atomic E-state index is 12.6. The monoisotopic (exact) mass is 822 g/mol. The maximum Gasteiger partial charge on any atom is 0.335 e. The number of aromatic nitrogens is 4. The van der Waals surface area contributed by atoms with E-state index in [9.17, 15) is 41.1 Å². The Balaban J connectivity index is 0.000000301. The van der Waals surface area contributed by atoms with Gasteiger partial charge in [0.2, 0.25) is 55.5 Å².